The van der Waals surface area contributed by atoms with E-state index in [1.165, 1.54) is 16.8 Å². The minimum absolute atomic E-state index is 0. The molecule has 0 unspecified atom stereocenters. The van der Waals surface area contributed by atoms with E-state index in [-0.39, 0.29) is 45.5 Å². The van der Waals surface area contributed by atoms with Gasteiger partial charge in [-0.1, -0.05) is 48.5 Å². The van der Waals surface area contributed by atoms with Crippen molar-refractivity contribution in [1.29, 1.82) is 0 Å². The number of nitrogens with zero attached hydrogens (tertiary/aromatic N) is 14. The van der Waals surface area contributed by atoms with Gasteiger partial charge in [-0.05, 0) is 182 Å². The van der Waals surface area contributed by atoms with Gasteiger partial charge in [-0.25, -0.2) is 9.59 Å². The Morgan fingerprint density at radius 2 is 0.589 bits per heavy atom. The minimum Gasteiger partial charge on any atom is -0.296 e. The van der Waals surface area contributed by atoms with E-state index in [1.54, 1.807) is 86.5 Å². The zero-order valence-corrected chi connectivity index (χ0v) is 54.5. The topological polar surface area (TPSA) is 264 Å². The van der Waals surface area contributed by atoms with Crippen molar-refractivity contribution in [1.82, 2.24) is 78.9 Å². The van der Waals surface area contributed by atoms with E-state index in [4.69, 9.17) is 0 Å². The standard InChI is InChI=1S/C16H13FN4O2.C16H14N4O2.4C10H8N2.2Ru/c1-10-2-4-18-13(6-10)14-7-11(3-5-19-14)8-21-9-12(17)15(22)20-16(21)23;1-11-2-5-17-13(8-11)14-9-12(3-6-18-14)10-20-7-4-15(21)19-16(20)22;4*1-3-7-11-9(5-1)10-6-2-4-8-12-10;;/h2-7,9H,8H2,1H3,(H,20,22,23);2-9H,10H2,1H3,(H,19,21,22);4*1-8H;;. The molecule has 0 atom stereocenters. The molecule has 14 heterocycles. The van der Waals surface area contributed by atoms with Crippen molar-refractivity contribution >= 4 is 0 Å². The van der Waals surface area contributed by atoms with Gasteiger partial charge in [-0.3, -0.25) is 88.5 Å². The second-order valence-corrected chi connectivity index (χ2v) is 19.9. The summed E-state index contributed by atoms with van der Waals surface area (Å²) in [5, 5.41) is 0. The molecule has 0 radical (unpaired) electrons. The first-order valence-electron chi connectivity index (χ1n) is 28.9. The summed E-state index contributed by atoms with van der Waals surface area (Å²) in [4.78, 5) is 100. The van der Waals surface area contributed by atoms with E-state index >= 15 is 0 Å². The van der Waals surface area contributed by atoms with Crippen LogP contribution in [-0.4, -0.2) is 78.9 Å². The van der Waals surface area contributed by atoms with Crippen LogP contribution in [0.25, 0.3) is 68.3 Å². The zero-order valence-electron chi connectivity index (χ0n) is 51.0. The van der Waals surface area contributed by atoms with Crippen LogP contribution in [0.15, 0.2) is 306 Å². The fourth-order valence-corrected chi connectivity index (χ4v) is 8.45. The smallest absolute Gasteiger partial charge is 0.296 e. The van der Waals surface area contributed by atoms with Gasteiger partial charge in [0, 0.05) is 126 Å². The Balaban J connectivity index is 0.000000164. The van der Waals surface area contributed by atoms with E-state index in [9.17, 15) is 23.6 Å². The molecule has 0 fully saturated rings. The van der Waals surface area contributed by atoms with Gasteiger partial charge >= 0.3 is 11.4 Å². The molecule has 474 valence electrons. The SMILES string of the molecule is Cc1ccnc(-c2cc(Cn3cc(F)c(=O)[nH]c3=O)ccn2)c1.Cc1ccnc(-c2cc(Cn3ccc(=O)[nH]c3=O)ccn2)c1.[Ru].[Ru].c1ccc(-c2ccccn2)nc1.c1ccc(-c2ccccn2)nc1.c1ccc(-c2ccccn2)nc1.c1ccc(-c2ccccn2)nc1. The van der Waals surface area contributed by atoms with Gasteiger partial charge in [0.05, 0.1) is 87.6 Å². The van der Waals surface area contributed by atoms with Crippen molar-refractivity contribution in [3.8, 4) is 68.3 Å². The molecule has 0 saturated carbocycles. The fourth-order valence-electron chi connectivity index (χ4n) is 8.45. The van der Waals surface area contributed by atoms with Crippen LogP contribution in [-0.2, 0) is 52.0 Å². The van der Waals surface area contributed by atoms with Gasteiger partial charge in [-0.2, -0.15) is 4.39 Å². The van der Waals surface area contributed by atoms with Crippen molar-refractivity contribution < 1.29 is 43.3 Å². The van der Waals surface area contributed by atoms with Crippen LogP contribution in [0.2, 0.25) is 0 Å². The number of hydrogen-bond donors (Lipinski definition) is 2. The Morgan fingerprint density at radius 1 is 0.316 bits per heavy atom. The first-order chi connectivity index (χ1) is 45.5. The first kappa shape index (κ1) is 70.8. The number of aromatic amines is 2. The van der Waals surface area contributed by atoms with Crippen LogP contribution < -0.4 is 22.5 Å². The third-order valence-corrected chi connectivity index (χ3v) is 12.9. The molecular formula is C72H59FN16O4Ru2. The van der Waals surface area contributed by atoms with Gasteiger partial charge in [-0.15, -0.1) is 0 Å². The Kier molecular flexibility index (Phi) is 28.0. The maximum atomic E-state index is 13.3. The molecule has 0 aliphatic rings. The summed E-state index contributed by atoms with van der Waals surface area (Å²) >= 11 is 0. The number of nitrogens with one attached hydrogen (secondary N) is 2. The Bertz CT molecular complexity index is 4380. The van der Waals surface area contributed by atoms with Crippen LogP contribution in [0.4, 0.5) is 4.39 Å². The van der Waals surface area contributed by atoms with Crippen molar-refractivity contribution in [2.45, 2.75) is 26.9 Å². The number of hydrogen-bond acceptors (Lipinski definition) is 16. The quantitative estimate of drug-likeness (QED) is 0.121. The number of aromatic nitrogens is 16. The molecule has 0 bridgehead atoms. The molecule has 14 rings (SSSR count). The number of rotatable bonds is 10. The van der Waals surface area contributed by atoms with Crippen LogP contribution in [0.1, 0.15) is 22.3 Å². The third-order valence-electron chi connectivity index (χ3n) is 12.9. The maximum absolute atomic E-state index is 13.3. The van der Waals surface area contributed by atoms with E-state index in [1.807, 2.05) is 201 Å². The molecule has 0 aliphatic heterocycles. The largest absolute Gasteiger partial charge is 0.328 e. The Labute approximate surface area is 570 Å². The number of pyridine rings is 12. The van der Waals surface area contributed by atoms with Crippen molar-refractivity contribution in [2.75, 3.05) is 0 Å². The van der Waals surface area contributed by atoms with Crippen LogP contribution in [0.5, 0.6) is 0 Å². The van der Waals surface area contributed by atoms with Crippen molar-refractivity contribution in [2.24, 2.45) is 0 Å². The molecule has 2 N–H and O–H groups in total. The second kappa shape index (κ2) is 37.6. The monoisotopic (exact) mass is 1430 g/mol. The minimum atomic E-state index is -1.02. The van der Waals surface area contributed by atoms with Crippen molar-refractivity contribution in [3.63, 3.8) is 0 Å². The van der Waals surface area contributed by atoms with Gasteiger partial charge in [0.2, 0.25) is 5.82 Å². The van der Waals surface area contributed by atoms with E-state index in [2.05, 4.69) is 64.8 Å². The average molecular weight is 1430 g/mol. The average Bonchev–Trinajstić information content (AvgIpc) is 1.86. The van der Waals surface area contributed by atoms with Crippen LogP contribution in [0, 0.1) is 19.7 Å². The molecule has 20 nitrogen and oxygen atoms in total. The maximum Gasteiger partial charge on any atom is 0.328 e. The normalized spacial score (nSPS) is 9.93. The molecule has 0 spiro atoms. The number of aryl methyl sites for hydroxylation is 2. The first-order valence-corrected chi connectivity index (χ1v) is 28.9. The molecule has 0 amide bonds. The summed E-state index contributed by atoms with van der Waals surface area (Å²) in [6.07, 6.45) is 23.2. The van der Waals surface area contributed by atoms with Gasteiger partial charge in [0.25, 0.3) is 11.1 Å². The molecular weight excluding hydrogens is 1370 g/mol. The Hall–Kier alpha value is -11.7. The number of H-pyrrole nitrogens is 2. The van der Waals surface area contributed by atoms with Gasteiger partial charge in [0.1, 0.15) is 0 Å². The third kappa shape index (κ3) is 22.6. The van der Waals surface area contributed by atoms with Gasteiger partial charge < -0.3 is 0 Å². The van der Waals surface area contributed by atoms with Crippen molar-refractivity contribution in [3.05, 3.63) is 357 Å². The Morgan fingerprint density at radius 3 is 0.874 bits per heavy atom. The molecule has 23 heteroatoms. The molecule has 14 aromatic heterocycles. The molecule has 14 aromatic rings. The molecule has 0 saturated heterocycles. The summed E-state index contributed by atoms with van der Waals surface area (Å²) in [5.41, 5.74) is 11.5. The predicted molar refractivity (Wildman–Crippen MR) is 355 cm³/mol. The predicted octanol–water partition coefficient (Wildman–Crippen LogP) is 11.4. The second-order valence-electron chi connectivity index (χ2n) is 19.9. The summed E-state index contributed by atoms with van der Waals surface area (Å²) in [7, 11) is 0. The number of halogens is 1. The van der Waals surface area contributed by atoms with Crippen LogP contribution in [0.3, 0.4) is 0 Å². The molecule has 0 aliphatic carbocycles. The van der Waals surface area contributed by atoms with Crippen LogP contribution >= 0.6 is 0 Å². The summed E-state index contributed by atoms with van der Waals surface area (Å²) in [5.74, 6) is -1.00. The summed E-state index contributed by atoms with van der Waals surface area (Å²) in [6, 6.07) is 62.6. The fraction of sp³-hybridized carbons (Fsp3) is 0.0556. The molecule has 95 heavy (non-hydrogen) atoms. The van der Waals surface area contributed by atoms with E-state index < -0.39 is 28.3 Å². The zero-order chi connectivity index (χ0) is 64.8. The van der Waals surface area contributed by atoms with E-state index in [0.29, 0.717) is 17.9 Å². The van der Waals surface area contributed by atoms with E-state index in [0.717, 1.165) is 90.0 Å². The summed E-state index contributed by atoms with van der Waals surface area (Å²) in [6.45, 7) is 4.43. The molecule has 0 aromatic carbocycles. The van der Waals surface area contributed by atoms with Gasteiger partial charge in [0.15, 0.2) is 0 Å². The summed E-state index contributed by atoms with van der Waals surface area (Å²) < 4.78 is 15.9.